The molecule has 2 N–H and O–H groups in total. The van der Waals surface area contributed by atoms with Crippen molar-refractivity contribution in [2.24, 2.45) is 0 Å². The number of benzene rings is 1. The Morgan fingerprint density at radius 1 is 1.42 bits per heavy atom. The van der Waals surface area contributed by atoms with E-state index in [1.54, 1.807) is 0 Å². The first-order valence-electron chi connectivity index (χ1n) is 6.09. The Kier molecular flexibility index (Phi) is 5.09. The van der Waals surface area contributed by atoms with E-state index in [-0.39, 0.29) is 5.91 Å². The van der Waals surface area contributed by atoms with Crippen LogP contribution in [0.4, 0.5) is 0 Å². The van der Waals surface area contributed by atoms with Crippen LogP contribution in [0.15, 0.2) is 35.1 Å². The zero-order chi connectivity index (χ0) is 13.5. The minimum absolute atomic E-state index is 0.0377. The van der Waals surface area contributed by atoms with Gasteiger partial charge in [-0.05, 0) is 24.1 Å². The van der Waals surface area contributed by atoms with Gasteiger partial charge in [0.1, 0.15) is 12.2 Å². The molecule has 0 fully saturated rings. The Hall–Kier alpha value is -1.69. The number of aryl methyl sites for hydroxylation is 1. The molecule has 0 aliphatic heterocycles. The van der Waals surface area contributed by atoms with Crippen LogP contribution in [0.5, 0.6) is 0 Å². The molecule has 19 heavy (non-hydrogen) atoms. The summed E-state index contributed by atoms with van der Waals surface area (Å²) in [6.45, 7) is 0.646. The average molecular weight is 323 g/mol. The molecule has 0 aliphatic rings. The predicted octanol–water partition coefficient (Wildman–Crippen LogP) is 1.86. The maximum Gasteiger partial charge on any atom is 0.224 e. The number of nitrogens with one attached hydrogen (secondary N) is 2. The van der Waals surface area contributed by atoms with E-state index in [4.69, 9.17) is 0 Å². The first-order valence-corrected chi connectivity index (χ1v) is 6.89. The third kappa shape index (κ3) is 4.82. The van der Waals surface area contributed by atoms with Crippen molar-refractivity contribution in [1.82, 2.24) is 20.5 Å². The zero-order valence-electron chi connectivity index (χ0n) is 10.4. The van der Waals surface area contributed by atoms with Gasteiger partial charge in [0.05, 0.1) is 6.42 Å². The van der Waals surface area contributed by atoms with Crippen molar-refractivity contribution >= 4 is 21.8 Å². The van der Waals surface area contributed by atoms with Crippen molar-refractivity contribution in [3.8, 4) is 0 Å². The Labute approximate surface area is 120 Å². The van der Waals surface area contributed by atoms with Gasteiger partial charge >= 0.3 is 0 Å². The number of rotatable bonds is 6. The number of aromatic amines is 1. The van der Waals surface area contributed by atoms with E-state index < -0.39 is 0 Å². The van der Waals surface area contributed by atoms with Gasteiger partial charge in [-0.2, -0.15) is 5.10 Å². The Morgan fingerprint density at radius 2 is 2.32 bits per heavy atom. The molecule has 1 amide bonds. The SMILES string of the molecule is O=C(Cc1cccc(Br)c1)NCCCc1ncn[nH]1. The Morgan fingerprint density at radius 3 is 3.05 bits per heavy atom. The lowest BCUT2D eigenvalue weighted by Crippen LogP contribution is -2.26. The molecular weight excluding hydrogens is 308 g/mol. The Balaban J connectivity index is 1.67. The number of halogens is 1. The van der Waals surface area contributed by atoms with Crippen LogP contribution < -0.4 is 5.32 Å². The highest BCUT2D eigenvalue weighted by molar-refractivity contribution is 9.10. The molecule has 0 unspecified atom stereocenters. The average Bonchev–Trinajstić information content (AvgIpc) is 2.88. The van der Waals surface area contributed by atoms with Crippen molar-refractivity contribution in [2.45, 2.75) is 19.3 Å². The zero-order valence-corrected chi connectivity index (χ0v) is 12.0. The molecule has 1 aromatic heterocycles. The molecule has 0 saturated heterocycles. The van der Waals surface area contributed by atoms with Crippen LogP contribution in [0.2, 0.25) is 0 Å². The standard InChI is InChI=1S/C13H15BrN4O/c14-11-4-1-3-10(7-11)8-13(19)15-6-2-5-12-16-9-17-18-12/h1,3-4,7,9H,2,5-6,8H2,(H,15,19)(H,16,17,18). The number of H-pyrrole nitrogens is 1. The summed E-state index contributed by atoms with van der Waals surface area (Å²) >= 11 is 3.39. The molecule has 1 heterocycles. The van der Waals surface area contributed by atoms with E-state index in [0.29, 0.717) is 13.0 Å². The van der Waals surface area contributed by atoms with Gasteiger partial charge in [-0.3, -0.25) is 9.89 Å². The highest BCUT2D eigenvalue weighted by Crippen LogP contribution is 2.11. The van der Waals surface area contributed by atoms with Gasteiger partial charge in [0.2, 0.25) is 5.91 Å². The van der Waals surface area contributed by atoms with E-state index in [9.17, 15) is 4.79 Å². The first-order chi connectivity index (χ1) is 9.24. The molecule has 5 nitrogen and oxygen atoms in total. The molecule has 0 aliphatic carbocycles. The highest BCUT2D eigenvalue weighted by Gasteiger charge is 2.03. The molecule has 0 saturated carbocycles. The van der Waals surface area contributed by atoms with Crippen LogP contribution in [-0.4, -0.2) is 27.6 Å². The smallest absolute Gasteiger partial charge is 0.224 e. The van der Waals surface area contributed by atoms with E-state index in [1.807, 2.05) is 24.3 Å². The van der Waals surface area contributed by atoms with Crippen LogP contribution in [-0.2, 0) is 17.6 Å². The topological polar surface area (TPSA) is 70.7 Å². The van der Waals surface area contributed by atoms with Crippen molar-refractivity contribution < 1.29 is 4.79 Å². The van der Waals surface area contributed by atoms with Crippen LogP contribution in [0.1, 0.15) is 17.8 Å². The van der Waals surface area contributed by atoms with E-state index in [2.05, 4.69) is 36.4 Å². The highest BCUT2D eigenvalue weighted by atomic mass is 79.9. The quantitative estimate of drug-likeness (QED) is 0.797. The molecule has 0 radical (unpaired) electrons. The van der Waals surface area contributed by atoms with Crippen molar-refractivity contribution in [2.75, 3.05) is 6.54 Å². The number of aromatic nitrogens is 3. The largest absolute Gasteiger partial charge is 0.356 e. The lowest BCUT2D eigenvalue weighted by molar-refractivity contribution is -0.120. The fraction of sp³-hybridized carbons (Fsp3) is 0.308. The lowest BCUT2D eigenvalue weighted by Gasteiger charge is -2.05. The Bertz CT molecular complexity index is 527. The van der Waals surface area contributed by atoms with Crippen LogP contribution in [0.25, 0.3) is 0 Å². The molecule has 6 heteroatoms. The summed E-state index contributed by atoms with van der Waals surface area (Å²) in [5, 5.41) is 9.46. The molecular formula is C13H15BrN4O. The summed E-state index contributed by atoms with van der Waals surface area (Å²) in [5.74, 6) is 0.886. The number of carbonyl (C=O) groups excluding carboxylic acids is 1. The number of nitrogens with zero attached hydrogens (tertiary/aromatic N) is 2. The molecule has 2 rings (SSSR count). The van der Waals surface area contributed by atoms with Gasteiger partial charge in [-0.1, -0.05) is 28.1 Å². The fourth-order valence-corrected chi connectivity index (χ4v) is 2.18. The first kappa shape index (κ1) is 13.7. The molecule has 0 atom stereocenters. The van der Waals surface area contributed by atoms with Crippen molar-refractivity contribution in [3.05, 3.63) is 46.5 Å². The third-order valence-electron chi connectivity index (χ3n) is 2.63. The minimum atomic E-state index is 0.0377. The molecule has 2 aromatic rings. The van der Waals surface area contributed by atoms with Crippen LogP contribution >= 0.6 is 15.9 Å². The second-order valence-corrected chi connectivity index (χ2v) is 5.11. The maximum atomic E-state index is 11.7. The number of amides is 1. The summed E-state index contributed by atoms with van der Waals surface area (Å²) in [5.41, 5.74) is 1.00. The molecule has 100 valence electrons. The summed E-state index contributed by atoms with van der Waals surface area (Å²) in [6.07, 6.45) is 3.53. The number of hydrogen-bond acceptors (Lipinski definition) is 3. The summed E-state index contributed by atoms with van der Waals surface area (Å²) in [7, 11) is 0. The minimum Gasteiger partial charge on any atom is -0.356 e. The second kappa shape index (κ2) is 7.04. The predicted molar refractivity (Wildman–Crippen MR) is 75.6 cm³/mol. The fourth-order valence-electron chi connectivity index (χ4n) is 1.73. The molecule has 0 spiro atoms. The van der Waals surface area contributed by atoms with Gasteiger partial charge in [0.25, 0.3) is 0 Å². The van der Waals surface area contributed by atoms with E-state index >= 15 is 0 Å². The summed E-state index contributed by atoms with van der Waals surface area (Å²) in [4.78, 5) is 15.7. The van der Waals surface area contributed by atoms with Crippen molar-refractivity contribution in [1.29, 1.82) is 0 Å². The van der Waals surface area contributed by atoms with Crippen molar-refractivity contribution in [3.63, 3.8) is 0 Å². The monoisotopic (exact) mass is 322 g/mol. The van der Waals surface area contributed by atoms with Gasteiger partial charge in [0.15, 0.2) is 0 Å². The number of hydrogen-bond donors (Lipinski definition) is 2. The number of carbonyl (C=O) groups is 1. The second-order valence-electron chi connectivity index (χ2n) is 4.19. The molecule has 0 bridgehead atoms. The van der Waals surface area contributed by atoms with E-state index in [1.165, 1.54) is 6.33 Å². The van der Waals surface area contributed by atoms with Gasteiger partial charge < -0.3 is 5.32 Å². The normalized spacial score (nSPS) is 10.4. The van der Waals surface area contributed by atoms with E-state index in [0.717, 1.165) is 28.7 Å². The van der Waals surface area contributed by atoms with Gasteiger partial charge in [0, 0.05) is 17.4 Å². The van der Waals surface area contributed by atoms with Crippen LogP contribution in [0, 0.1) is 0 Å². The van der Waals surface area contributed by atoms with Crippen LogP contribution in [0.3, 0.4) is 0 Å². The summed E-state index contributed by atoms with van der Waals surface area (Å²) in [6, 6.07) is 7.77. The van der Waals surface area contributed by atoms with Gasteiger partial charge in [-0.25, -0.2) is 4.98 Å². The van der Waals surface area contributed by atoms with Gasteiger partial charge in [-0.15, -0.1) is 0 Å². The third-order valence-corrected chi connectivity index (χ3v) is 3.12. The summed E-state index contributed by atoms with van der Waals surface area (Å²) < 4.78 is 0.989. The maximum absolute atomic E-state index is 11.7. The molecule has 1 aromatic carbocycles. The lowest BCUT2D eigenvalue weighted by atomic mass is 10.1.